The Labute approximate surface area is 123 Å². The van der Waals surface area contributed by atoms with Crippen molar-refractivity contribution in [2.45, 2.75) is 31.3 Å². The van der Waals surface area contributed by atoms with Crippen molar-refractivity contribution in [2.75, 3.05) is 12.3 Å². The molecule has 5 heteroatoms. The van der Waals surface area contributed by atoms with E-state index in [1.807, 2.05) is 12.1 Å². The van der Waals surface area contributed by atoms with Gasteiger partial charge in [0.2, 0.25) is 0 Å². The van der Waals surface area contributed by atoms with Crippen molar-refractivity contribution >= 4 is 5.82 Å². The van der Waals surface area contributed by atoms with Gasteiger partial charge in [-0.25, -0.2) is 9.97 Å². The van der Waals surface area contributed by atoms with Crippen molar-refractivity contribution < 1.29 is 5.11 Å². The van der Waals surface area contributed by atoms with E-state index in [0.717, 1.165) is 18.9 Å². The maximum atomic E-state index is 9.73. The molecular formula is C16H18N4O. The Morgan fingerprint density at radius 3 is 2.90 bits per heavy atom. The number of fused-ring (bicyclic) bond motifs is 2. The lowest BCUT2D eigenvalue weighted by Crippen LogP contribution is -2.37. The molecule has 3 N–H and O–H groups in total. The van der Waals surface area contributed by atoms with E-state index < -0.39 is 0 Å². The lowest BCUT2D eigenvalue weighted by molar-refractivity contribution is 0.208. The van der Waals surface area contributed by atoms with Crippen molar-refractivity contribution in [2.24, 2.45) is 0 Å². The second-order valence-electron chi connectivity index (χ2n) is 6.16. The van der Waals surface area contributed by atoms with Gasteiger partial charge in [-0.15, -0.1) is 0 Å². The first-order valence-corrected chi connectivity index (χ1v) is 7.27. The quantitative estimate of drug-likeness (QED) is 0.878. The molecule has 1 aromatic heterocycles. The van der Waals surface area contributed by atoms with Crippen LogP contribution in [-0.4, -0.2) is 26.5 Å². The molecule has 1 aliphatic carbocycles. The largest absolute Gasteiger partial charge is 0.508 e. The average molecular weight is 282 g/mol. The van der Waals surface area contributed by atoms with E-state index in [1.165, 1.54) is 24.0 Å². The lowest BCUT2D eigenvalue weighted by Gasteiger charge is -2.34. The minimum absolute atomic E-state index is 0.229. The third kappa shape index (κ3) is 2.23. The molecule has 0 bridgehead atoms. The first-order valence-electron chi connectivity index (χ1n) is 7.27. The van der Waals surface area contributed by atoms with Crippen LogP contribution in [0.2, 0.25) is 0 Å². The number of benzene rings is 1. The van der Waals surface area contributed by atoms with Crippen LogP contribution < -0.4 is 5.73 Å². The van der Waals surface area contributed by atoms with Crippen LogP contribution in [0.25, 0.3) is 0 Å². The third-order valence-electron chi connectivity index (χ3n) is 4.53. The Kier molecular flexibility index (Phi) is 2.65. The molecule has 0 radical (unpaired) electrons. The highest BCUT2D eigenvalue weighted by atomic mass is 16.3. The lowest BCUT2D eigenvalue weighted by atomic mass is 9.87. The Morgan fingerprint density at radius 1 is 1.29 bits per heavy atom. The van der Waals surface area contributed by atoms with Gasteiger partial charge in [0.25, 0.3) is 0 Å². The molecule has 0 unspecified atom stereocenters. The SMILES string of the molecule is Nc1ccnc(CN2Cc3ccc(O)cc3C3(CC3)C2)n1. The van der Waals surface area contributed by atoms with Crippen molar-refractivity contribution in [3.05, 3.63) is 47.4 Å². The number of anilines is 1. The van der Waals surface area contributed by atoms with Crippen molar-refractivity contribution in [3.63, 3.8) is 0 Å². The molecule has 1 aliphatic heterocycles. The van der Waals surface area contributed by atoms with E-state index in [4.69, 9.17) is 5.73 Å². The van der Waals surface area contributed by atoms with Gasteiger partial charge in [0.15, 0.2) is 0 Å². The van der Waals surface area contributed by atoms with Gasteiger partial charge in [-0.05, 0) is 42.2 Å². The number of hydrogen-bond acceptors (Lipinski definition) is 5. The zero-order chi connectivity index (χ0) is 14.4. The predicted octanol–water partition coefficient (Wildman–Crippen LogP) is 1.81. The molecule has 108 valence electrons. The summed E-state index contributed by atoms with van der Waals surface area (Å²) in [5.74, 6) is 1.66. The second-order valence-corrected chi connectivity index (χ2v) is 6.16. The zero-order valence-corrected chi connectivity index (χ0v) is 11.8. The van der Waals surface area contributed by atoms with Gasteiger partial charge >= 0.3 is 0 Å². The van der Waals surface area contributed by atoms with Gasteiger partial charge in [0.05, 0.1) is 6.54 Å². The van der Waals surface area contributed by atoms with Crippen LogP contribution in [0.4, 0.5) is 5.82 Å². The van der Waals surface area contributed by atoms with Crippen LogP contribution in [0, 0.1) is 0 Å². The summed E-state index contributed by atoms with van der Waals surface area (Å²) in [4.78, 5) is 11.0. The Balaban J connectivity index is 1.61. The highest BCUT2D eigenvalue weighted by Crippen LogP contribution is 2.53. The molecule has 1 saturated carbocycles. The molecule has 1 aromatic carbocycles. The minimum atomic E-state index is 0.229. The van der Waals surface area contributed by atoms with Gasteiger partial charge in [-0.3, -0.25) is 4.90 Å². The van der Waals surface area contributed by atoms with Gasteiger partial charge in [0.1, 0.15) is 17.4 Å². The second kappa shape index (κ2) is 4.43. The van der Waals surface area contributed by atoms with E-state index >= 15 is 0 Å². The van der Waals surface area contributed by atoms with E-state index in [9.17, 15) is 5.11 Å². The maximum absolute atomic E-state index is 9.73. The summed E-state index contributed by atoms with van der Waals surface area (Å²) in [6, 6.07) is 7.46. The van der Waals surface area contributed by atoms with Crippen LogP contribution >= 0.6 is 0 Å². The summed E-state index contributed by atoms with van der Waals surface area (Å²) in [6.45, 7) is 2.59. The summed E-state index contributed by atoms with van der Waals surface area (Å²) in [5, 5.41) is 9.73. The van der Waals surface area contributed by atoms with E-state index in [-0.39, 0.29) is 5.41 Å². The first kappa shape index (κ1) is 12.6. The Hall–Kier alpha value is -2.14. The smallest absolute Gasteiger partial charge is 0.144 e. The molecule has 2 aliphatic rings. The highest BCUT2D eigenvalue weighted by molar-refractivity contribution is 5.45. The Bertz CT molecular complexity index is 696. The van der Waals surface area contributed by atoms with Crippen LogP contribution in [0.15, 0.2) is 30.5 Å². The van der Waals surface area contributed by atoms with Crippen LogP contribution in [0.3, 0.4) is 0 Å². The standard InChI is InChI=1S/C16H18N4O/c17-14-3-6-18-15(19-14)9-20-8-11-1-2-12(21)7-13(11)16(10-20)4-5-16/h1-3,6-7,21H,4-5,8-10H2,(H2,17,18,19). The van der Waals surface area contributed by atoms with Gasteiger partial charge in [-0.1, -0.05) is 6.07 Å². The van der Waals surface area contributed by atoms with E-state index in [2.05, 4.69) is 14.9 Å². The fourth-order valence-corrected chi connectivity index (χ4v) is 3.39. The average Bonchev–Trinajstić information content (AvgIpc) is 3.20. The fraction of sp³-hybridized carbons (Fsp3) is 0.375. The highest BCUT2D eigenvalue weighted by Gasteiger charge is 2.49. The van der Waals surface area contributed by atoms with Crippen LogP contribution in [-0.2, 0) is 18.5 Å². The van der Waals surface area contributed by atoms with Crippen molar-refractivity contribution in [3.8, 4) is 5.75 Å². The number of hydrogen-bond donors (Lipinski definition) is 2. The Morgan fingerprint density at radius 2 is 2.14 bits per heavy atom. The zero-order valence-electron chi connectivity index (χ0n) is 11.8. The molecule has 4 rings (SSSR count). The first-order chi connectivity index (χ1) is 10.1. The number of phenols is 1. The van der Waals surface area contributed by atoms with Gasteiger partial charge < -0.3 is 10.8 Å². The maximum Gasteiger partial charge on any atom is 0.144 e. The van der Waals surface area contributed by atoms with E-state index in [0.29, 0.717) is 18.1 Å². The molecule has 5 nitrogen and oxygen atoms in total. The predicted molar refractivity (Wildman–Crippen MR) is 79.6 cm³/mol. The monoisotopic (exact) mass is 282 g/mol. The normalized spacial score (nSPS) is 19.4. The number of nitrogens with zero attached hydrogens (tertiary/aromatic N) is 3. The van der Waals surface area contributed by atoms with Crippen LogP contribution in [0.5, 0.6) is 5.75 Å². The summed E-state index contributed by atoms with van der Waals surface area (Å²) in [5.41, 5.74) is 8.59. The topological polar surface area (TPSA) is 75.3 Å². The third-order valence-corrected chi connectivity index (χ3v) is 4.53. The molecule has 0 amide bonds. The van der Waals surface area contributed by atoms with Crippen molar-refractivity contribution in [1.82, 2.24) is 14.9 Å². The number of aromatic hydroxyl groups is 1. The molecule has 1 spiro atoms. The molecule has 2 heterocycles. The number of phenolic OH excluding ortho intramolecular Hbond substituents is 1. The number of aromatic nitrogens is 2. The molecule has 21 heavy (non-hydrogen) atoms. The molecular weight excluding hydrogens is 264 g/mol. The van der Waals surface area contributed by atoms with Gasteiger partial charge in [-0.2, -0.15) is 0 Å². The summed E-state index contributed by atoms with van der Waals surface area (Å²) < 4.78 is 0. The van der Waals surface area contributed by atoms with Crippen molar-refractivity contribution in [1.29, 1.82) is 0 Å². The number of nitrogens with two attached hydrogens (primary N) is 1. The molecule has 1 fully saturated rings. The summed E-state index contributed by atoms with van der Waals surface area (Å²) >= 11 is 0. The fourth-order valence-electron chi connectivity index (χ4n) is 3.39. The number of rotatable bonds is 2. The number of nitrogen functional groups attached to an aromatic ring is 1. The summed E-state index contributed by atoms with van der Waals surface area (Å²) in [7, 11) is 0. The molecule has 0 saturated heterocycles. The minimum Gasteiger partial charge on any atom is -0.508 e. The van der Waals surface area contributed by atoms with Crippen LogP contribution in [0.1, 0.15) is 29.8 Å². The van der Waals surface area contributed by atoms with Gasteiger partial charge in [0, 0.05) is 24.7 Å². The molecule has 2 aromatic rings. The molecule has 0 atom stereocenters. The van der Waals surface area contributed by atoms with E-state index in [1.54, 1.807) is 18.3 Å². The summed E-state index contributed by atoms with van der Waals surface area (Å²) in [6.07, 6.45) is 4.09.